The zero-order valence-corrected chi connectivity index (χ0v) is 12.3. The first-order chi connectivity index (χ1) is 9.69. The Balaban J connectivity index is 1.93. The van der Waals surface area contributed by atoms with Crippen molar-refractivity contribution in [2.24, 2.45) is 0 Å². The van der Waals surface area contributed by atoms with E-state index in [0.717, 1.165) is 35.8 Å². The number of hydrogen-bond donors (Lipinski definition) is 1. The summed E-state index contributed by atoms with van der Waals surface area (Å²) in [5, 5.41) is 3.20. The predicted molar refractivity (Wildman–Crippen MR) is 81.1 cm³/mol. The third-order valence-corrected chi connectivity index (χ3v) is 2.97. The number of aromatic nitrogens is 2. The lowest BCUT2D eigenvalue weighted by Gasteiger charge is -2.09. The van der Waals surface area contributed by atoms with E-state index in [4.69, 9.17) is 4.74 Å². The minimum atomic E-state index is 0.435. The van der Waals surface area contributed by atoms with Crippen molar-refractivity contribution in [3.8, 4) is 5.75 Å². The van der Waals surface area contributed by atoms with Crippen LogP contribution in [-0.4, -0.2) is 16.5 Å². The van der Waals surface area contributed by atoms with Crippen LogP contribution in [-0.2, 0) is 6.61 Å². The highest BCUT2D eigenvalue weighted by Crippen LogP contribution is 2.19. The first-order valence-corrected chi connectivity index (χ1v) is 6.94. The molecule has 0 aliphatic rings. The molecule has 1 aromatic heterocycles. The van der Waals surface area contributed by atoms with E-state index in [0.29, 0.717) is 6.61 Å². The fourth-order valence-corrected chi connectivity index (χ4v) is 1.89. The summed E-state index contributed by atoms with van der Waals surface area (Å²) >= 11 is 0. The maximum absolute atomic E-state index is 5.78. The summed E-state index contributed by atoms with van der Waals surface area (Å²) in [6, 6.07) is 6.15. The fraction of sp³-hybridized carbons (Fsp3) is 0.375. The molecule has 1 aromatic carbocycles. The van der Waals surface area contributed by atoms with E-state index in [-0.39, 0.29) is 0 Å². The molecule has 0 bridgehead atoms. The van der Waals surface area contributed by atoms with E-state index in [2.05, 4.69) is 35.2 Å². The highest BCUT2D eigenvalue weighted by Gasteiger charge is 2.02. The Labute approximate surface area is 120 Å². The second-order valence-corrected chi connectivity index (χ2v) is 4.88. The number of ether oxygens (including phenoxy) is 1. The summed E-state index contributed by atoms with van der Waals surface area (Å²) in [6.07, 6.45) is 4.57. The van der Waals surface area contributed by atoms with Crippen molar-refractivity contribution in [1.29, 1.82) is 0 Å². The molecule has 0 atom stereocenters. The quantitative estimate of drug-likeness (QED) is 0.873. The average molecular weight is 271 g/mol. The van der Waals surface area contributed by atoms with Gasteiger partial charge in [0.15, 0.2) is 0 Å². The Morgan fingerprint density at radius 2 is 2.00 bits per heavy atom. The number of rotatable bonds is 6. The van der Waals surface area contributed by atoms with E-state index in [1.807, 2.05) is 19.1 Å². The van der Waals surface area contributed by atoms with Gasteiger partial charge in [-0.05, 0) is 31.9 Å². The molecule has 0 saturated heterocycles. The lowest BCUT2D eigenvalue weighted by Crippen LogP contribution is -2.05. The molecule has 1 heterocycles. The van der Waals surface area contributed by atoms with Crippen molar-refractivity contribution in [1.82, 2.24) is 9.97 Å². The minimum Gasteiger partial charge on any atom is -0.487 e. The van der Waals surface area contributed by atoms with Gasteiger partial charge in [0.1, 0.15) is 18.2 Å². The topological polar surface area (TPSA) is 47.0 Å². The van der Waals surface area contributed by atoms with Gasteiger partial charge in [0.25, 0.3) is 0 Å². The van der Waals surface area contributed by atoms with Crippen molar-refractivity contribution in [3.05, 3.63) is 47.4 Å². The van der Waals surface area contributed by atoms with Crippen molar-refractivity contribution < 1.29 is 4.74 Å². The average Bonchev–Trinajstić information content (AvgIpc) is 2.45. The maximum atomic E-state index is 5.78. The molecular formula is C16H21N3O. The van der Waals surface area contributed by atoms with Gasteiger partial charge in [-0.3, -0.25) is 4.98 Å². The summed E-state index contributed by atoms with van der Waals surface area (Å²) in [5.74, 6) is 1.70. The lowest BCUT2D eigenvalue weighted by molar-refractivity contribution is 0.298. The molecule has 0 saturated carbocycles. The molecule has 4 heteroatoms. The third kappa shape index (κ3) is 3.95. The van der Waals surface area contributed by atoms with Gasteiger partial charge in [-0.15, -0.1) is 0 Å². The van der Waals surface area contributed by atoms with Crippen LogP contribution in [0.2, 0.25) is 0 Å². The van der Waals surface area contributed by atoms with Crippen LogP contribution in [0.25, 0.3) is 0 Å². The number of aryl methyl sites for hydroxylation is 2. The van der Waals surface area contributed by atoms with Gasteiger partial charge >= 0.3 is 0 Å². The van der Waals surface area contributed by atoms with Crippen LogP contribution in [0.3, 0.4) is 0 Å². The Morgan fingerprint density at radius 1 is 1.15 bits per heavy atom. The molecule has 0 unspecified atom stereocenters. The molecule has 0 radical (unpaired) electrons. The van der Waals surface area contributed by atoms with Crippen molar-refractivity contribution >= 4 is 5.82 Å². The summed E-state index contributed by atoms with van der Waals surface area (Å²) in [6.45, 7) is 7.58. The molecule has 0 amide bonds. The normalized spacial score (nSPS) is 10.3. The third-order valence-electron chi connectivity index (χ3n) is 2.97. The van der Waals surface area contributed by atoms with Gasteiger partial charge < -0.3 is 10.1 Å². The van der Waals surface area contributed by atoms with Gasteiger partial charge in [-0.1, -0.05) is 24.6 Å². The van der Waals surface area contributed by atoms with Gasteiger partial charge in [-0.25, -0.2) is 4.98 Å². The van der Waals surface area contributed by atoms with E-state index in [9.17, 15) is 0 Å². The molecule has 1 N–H and O–H groups in total. The summed E-state index contributed by atoms with van der Waals surface area (Å²) < 4.78 is 5.78. The molecule has 2 aromatic rings. The highest BCUT2D eigenvalue weighted by atomic mass is 16.5. The highest BCUT2D eigenvalue weighted by molar-refractivity contribution is 5.36. The van der Waals surface area contributed by atoms with Gasteiger partial charge in [0, 0.05) is 6.54 Å². The van der Waals surface area contributed by atoms with Crippen molar-refractivity contribution in [2.75, 3.05) is 11.9 Å². The molecule has 0 spiro atoms. The molecular weight excluding hydrogens is 250 g/mol. The molecule has 0 aliphatic carbocycles. The second kappa shape index (κ2) is 6.89. The monoisotopic (exact) mass is 271 g/mol. The largest absolute Gasteiger partial charge is 0.487 e. The Morgan fingerprint density at radius 3 is 2.65 bits per heavy atom. The van der Waals surface area contributed by atoms with Crippen molar-refractivity contribution in [3.63, 3.8) is 0 Å². The van der Waals surface area contributed by atoms with Crippen LogP contribution < -0.4 is 10.1 Å². The molecule has 4 nitrogen and oxygen atoms in total. The van der Waals surface area contributed by atoms with Crippen LogP contribution in [0, 0.1) is 13.8 Å². The van der Waals surface area contributed by atoms with Crippen molar-refractivity contribution in [2.45, 2.75) is 33.8 Å². The van der Waals surface area contributed by atoms with Crippen LogP contribution in [0.4, 0.5) is 5.82 Å². The molecule has 0 aliphatic heterocycles. The summed E-state index contributed by atoms with van der Waals surface area (Å²) in [5.41, 5.74) is 3.20. The smallest absolute Gasteiger partial charge is 0.144 e. The molecule has 106 valence electrons. The zero-order valence-electron chi connectivity index (χ0n) is 12.3. The Kier molecular flexibility index (Phi) is 4.93. The van der Waals surface area contributed by atoms with E-state index >= 15 is 0 Å². The second-order valence-electron chi connectivity index (χ2n) is 4.88. The van der Waals surface area contributed by atoms with E-state index < -0.39 is 0 Å². The number of nitrogens with one attached hydrogen (secondary N) is 1. The van der Waals surface area contributed by atoms with Crippen LogP contribution in [0.5, 0.6) is 5.75 Å². The molecule has 20 heavy (non-hydrogen) atoms. The summed E-state index contributed by atoms with van der Waals surface area (Å²) in [7, 11) is 0. The SMILES string of the molecule is CCCNc1cnc(COc2ccc(C)cc2C)cn1. The maximum Gasteiger partial charge on any atom is 0.144 e. The fourth-order valence-electron chi connectivity index (χ4n) is 1.89. The van der Waals surface area contributed by atoms with Gasteiger partial charge in [0.05, 0.1) is 18.1 Å². The van der Waals surface area contributed by atoms with Gasteiger partial charge in [0.2, 0.25) is 0 Å². The number of hydrogen-bond acceptors (Lipinski definition) is 4. The lowest BCUT2D eigenvalue weighted by atomic mass is 10.1. The van der Waals surface area contributed by atoms with Crippen LogP contribution >= 0.6 is 0 Å². The number of anilines is 1. The first kappa shape index (κ1) is 14.3. The Bertz CT molecular complexity index is 552. The minimum absolute atomic E-state index is 0.435. The van der Waals surface area contributed by atoms with Crippen LogP contribution in [0.1, 0.15) is 30.2 Å². The zero-order chi connectivity index (χ0) is 14.4. The number of nitrogens with zero attached hydrogens (tertiary/aromatic N) is 2. The van der Waals surface area contributed by atoms with Crippen LogP contribution in [0.15, 0.2) is 30.6 Å². The molecule has 2 rings (SSSR count). The first-order valence-electron chi connectivity index (χ1n) is 6.94. The predicted octanol–water partition coefficient (Wildman–Crippen LogP) is 3.49. The summed E-state index contributed by atoms with van der Waals surface area (Å²) in [4.78, 5) is 8.66. The Hall–Kier alpha value is -2.10. The van der Waals surface area contributed by atoms with E-state index in [1.165, 1.54) is 5.56 Å². The van der Waals surface area contributed by atoms with Gasteiger partial charge in [-0.2, -0.15) is 0 Å². The molecule has 0 fully saturated rings. The van der Waals surface area contributed by atoms with E-state index in [1.54, 1.807) is 12.4 Å². The standard InChI is InChI=1S/C16H21N3O/c1-4-7-17-16-10-18-14(9-19-16)11-20-15-6-5-12(2)8-13(15)3/h5-6,8-10H,4,7,11H2,1-3H3,(H,17,19). The number of benzene rings is 1.